The van der Waals surface area contributed by atoms with Gasteiger partial charge in [0.2, 0.25) is 0 Å². The van der Waals surface area contributed by atoms with Gasteiger partial charge in [0.25, 0.3) is 5.91 Å². The van der Waals surface area contributed by atoms with Crippen LogP contribution in [-0.4, -0.2) is 28.5 Å². The van der Waals surface area contributed by atoms with Crippen molar-refractivity contribution in [2.45, 2.75) is 12.7 Å². The lowest BCUT2D eigenvalue weighted by atomic mass is 10.2. The lowest BCUT2D eigenvalue weighted by molar-refractivity contribution is -0.153. The Hall–Kier alpha value is -2.71. The van der Waals surface area contributed by atoms with Gasteiger partial charge in [0.1, 0.15) is 5.75 Å². The van der Waals surface area contributed by atoms with Gasteiger partial charge in [0.05, 0.1) is 6.54 Å². The molecule has 1 amide bonds. The Bertz CT molecular complexity index is 1000. The predicted octanol–water partition coefficient (Wildman–Crippen LogP) is 5.43. The lowest BCUT2D eigenvalue weighted by Crippen LogP contribution is -2.19. The van der Waals surface area contributed by atoms with Crippen molar-refractivity contribution in [3.05, 3.63) is 75.9 Å². The van der Waals surface area contributed by atoms with Crippen molar-refractivity contribution in [1.29, 1.82) is 0 Å². The van der Waals surface area contributed by atoms with Crippen LogP contribution >= 0.6 is 23.2 Å². The highest BCUT2D eigenvalue weighted by atomic mass is 35.5. The number of ether oxygens (including phenoxy) is 1. The van der Waals surface area contributed by atoms with Crippen molar-refractivity contribution in [2.75, 3.05) is 11.9 Å². The first-order chi connectivity index (χ1) is 13.7. The number of alkyl halides is 3. The molecule has 1 heterocycles. The summed E-state index contributed by atoms with van der Waals surface area (Å²) in [6.07, 6.45) is -2.83. The van der Waals surface area contributed by atoms with Crippen LogP contribution in [0.15, 0.2) is 54.7 Å². The Morgan fingerprint density at radius 1 is 1.10 bits per heavy atom. The SMILES string of the molecule is O=C(Nc1ccn(Cc2c(Cl)cccc2Cl)n1)c1cccc(OCC(F)(F)F)c1. The van der Waals surface area contributed by atoms with Gasteiger partial charge < -0.3 is 10.1 Å². The molecular formula is C19H14Cl2F3N3O2. The zero-order valence-electron chi connectivity index (χ0n) is 14.7. The Morgan fingerprint density at radius 2 is 1.79 bits per heavy atom. The smallest absolute Gasteiger partial charge is 0.422 e. The maximum absolute atomic E-state index is 12.4. The van der Waals surface area contributed by atoms with Crippen LogP contribution < -0.4 is 10.1 Å². The highest BCUT2D eigenvalue weighted by Gasteiger charge is 2.28. The summed E-state index contributed by atoms with van der Waals surface area (Å²) in [6, 6.07) is 12.2. The molecule has 0 saturated heterocycles. The maximum atomic E-state index is 12.4. The van der Waals surface area contributed by atoms with E-state index in [2.05, 4.69) is 15.2 Å². The van der Waals surface area contributed by atoms with Crippen LogP contribution in [0, 0.1) is 0 Å². The zero-order chi connectivity index (χ0) is 21.0. The topological polar surface area (TPSA) is 56.2 Å². The van der Waals surface area contributed by atoms with Crippen LogP contribution in [-0.2, 0) is 6.54 Å². The molecule has 0 bridgehead atoms. The molecule has 5 nitrogen and oxygen atoms in total. The standard InChI is InChI=1S/C19H14Cl2F3N3O2/c20-15-5-2-6-16(21)14(15)10-27-8-7-17(26-27)25-18(28)12-3-1-4-13(9-12)29-11-19(22,23)24/h1-9H,10-11H2,(H,25,26,28). The van der Waals surface area contributed by atoms with Crippen LogP contribution in [0.1, 0.15) is 15.9 Å². The fourth-order valence-electron chi connectivity index (χ4n) is 2.44. The summed E-state index contributed by atoms with van der Waals surface area (Å²) in [5, 5.41) is 7.80. The average molecular weight is 444 g/mol. The van der Waals surface area contributed by atoms with E-state index < -0.39 is 18.7 Å². The number of halogens is 5. The van der Waals surface area contributed by atoms with E-state index in [9.17, 15) is 18.0 Å². The van der Waals surface area contributed by atoms with Crippen LogP contribution in [0.2, 0.25) is 10.0 Å². The largest absolute Gasteiger partial charge is 0.484 e. The molecule has 0 saturated carbocycles. The van der Waals surface area contributed by atoms with Crippen molar-refractivity contribution in [2.24, 2.45) is 0 Å². The molecule has 0 spiro atoms. The zero-order valence-corrected chi connectivity index (χ0v) is 16.2. The van der Waals surface area contributed by atoms with Gasteiger partial charge in [0, 0.05) is 33.4 Å². The Morgan fingerprint density at radius 3 is 2.48 bits per heavy atom. The molecule has 2 aromatic carbocycles. The quantitative estimate of drug-likeness (QED) is 0.552. The summed E-state index contributed by atoms with van der Waals surface area (Å²) in [5.41, 5.74) is 0.819. The number of nitrogens with one attached hydrogen (secondary N) is 1. The molecule has 3 aromatic rings. The molecule has 0 atom stereocenters. The van der Waals surface area contributed by atoms with Crippen LogP contribution in [0.4, 0.5) is 19.0 Å². The van der Waals surface area contributed by atoms with E-state index >= 15 is 0 Å². The molecular weight excluding hydrogens is 430 g/mol. The van der Waals surface area contributed by atoms with E-state index in [-0.39, 0.29) is 17.1 Å². The summed E-state index contributed by atoms with van der Waals surface area (Å²) in [6.45, 7) is -1.14. The van der Waals surface area contributed by atoms with Gasteiger partial charge in [-0.2, -0.15) is 18.3 Å². The third-order valence-electron chi connectivity index (χ3n) is 3.76. The first kappa shape index (κ1) is 21.0. The van der Waals surface area contributed by atoms with Gasteiger partial charge in [-0.25, -0.2) is 0 Å². The molecule has 29 heavy (non-hydrogen) atoms. The normalized spacial score (nSPS) is 11.3. The number of amides is 1. The summed E-state index contributed by atoms with van der Waals surface area (Å²) in [5.74, 6) is -0.336. The van der Waals surface area contributed by atoms with Gasteiger partial charge in [-0.3, -0.25) is 9.48 Å². The lowest BCUT2D eigenvalue weighted by Gasteiger charge is -2.10. The van der Waals surface area contributed by atoms with E-state index in [0.717, 1.165) is 0 Å². The van der Waals surface area contributed by atoms with E-state index in [4.69, 9.17) is 23.2 Å². The van der Waals surface area contributed by atoms with Crippen LogP contribution in [0.25, 0.3) is 0 Å². The van der Waals surface area contributed by atoms with Crippen molar-refractivity contribution in [3.8, 4) is 5.75 Å². The first-order valence-electron chi connectivity index (χ1n) is 8.28. The molecule has 0 aliphatic heterocycles. The van der Waals surface area contributed by atoms with Crippen molar-refractivity contribution >= 4 is 34.9 Å². The van der Waals surface area contributed by atoms with Gasteiger partial charge >= 0.3 is 6.18 Å². The minimum absolute atomic E-state index is 0.0612. The van der Waals surface area contributed by atoms with Crippen LogP contribution in [0.3, 0.4) is 0 Å². The van der Waals surface area contributed by atoms with E-state index in [1.807, 2.05) is 0 Å². The Kier molecular flexibility index (Phi) is 6.34. The number of anilines is 1. The van der Waals surface area contributed by atoms with Gasteiger partial charge in [-0.05, 0) is 30.3 Å². The number of aromatic nitrogens is 2. The fraction of sp³-hybridized carbons (Fsp3) is 0.158. The van der Waals surface area contributed by atoms with E-state index in [1.165, 1.54) is 24.3 Å². The van der Waals surface area contributed by atoms with Crippen LogP contribution in [0.5, 0.6) is 5.75 Å². The second kappa shape index (κ2) is 8.75. The predicted molar refractivity (Wildman–Crippen MR) is 104 cm³/mol. The minimum atomic E-state index is -4.46. The number of benzene rings is 2. The highest BCUT2D eigenvalue weighted by Crippen LogP contribution is 2.25. The molecule has 0 aliphatic rings. The maximum Gasteiger partial charge on any atom is 0.422 e. The molecule has 0 radical (unpaired) electrons. The van der Waals surface area contributed by atoms with E-state index in [0.29, 0.717) is 22.2 Å². The molecule has 152 valence electrons. The number of nitrogens with zero attached hydrogens (tertiary/aromatic N) is 2. The first-order valence-corrected chi connectivity index (χ1v) is 9.04. The van der Waals surface area contributed by atoms with Gasteiger partial charge in [-0.15, -0.1) is 0 Å². The van der Waals surface area contributed by atoms with Gasteiger partial charge in [0.15, 0.2) is 12.4 Å². The Labute approximate surface area is 174 Å². The third-order valence-corrected chi connectivity index (χ3v) is 4.47. The molecule has 3 rings (SSSR count). The van der Waals surface area contributed by atoms with Crippen molar-refractivity contribution in [1.82, 2.24) is 9.78 Å². The monoisotopic (exact) mass is 443 g/mol. The second-order valence-electron chi connectivity index (χ2n) is 5.98. The van der Waals surface area contributed by atoms with E-state index in [1.54, 1.807) is 35.1 Å². The molecule has 1 aromatic heterocycles. The molecule has 0 fully saturated rings. The second-order valence-corrected chi connectivity index (χ2v) is 6.80. The summed E-state index contributed by atoms with van der Waals surface area (Å²) < 4.78 is 43.0. The highest BCUT2D eigenvalue weighted by molar-refractivity contribution is 6.35. The third kappa shape index (κ3) is 5.88. The molecule has 0 unspecified atom stereocenters. The summed E-state index contributed by atoms with van der Waals surface area (Å²) in [4.78, 5) is 12.4. The van der Waals surface area contributed by atoms with Gasteiger partial charge in [-0.1, -0.05) is 35.3 Å². The van der Waals surface area contributed by atoms with Crippen molar-refractivity contribution in [3.63, 3.8) is 0 Å². The molecule has 1 N–H and O–H groups in total. The summed E-state index contributed by atoms with van der Waals surface area (Å²) >= 11 is 12.3. The molecule has 10 heteroatoms. The Balaban J connectivity index is 1.66. The number of hydrogen-bond acceptors (Lipinski definition) is 3. The average Bonchev–Trinajstić information content (AvgIpc) is 3.10. The fourth-order valence-corrected chi connectivity index (χ4v) is 2.96. The number of carbonyl (C=O) groups is 1. The molecule has 0 aliphatic carbocycles. The number of hydrogen-bond donors (Lipinski definition) is 1. The number of rotatable bonds is 6. The summed E-state index contributed by atoms with van der Waals surface area (Å²) in [7, 11) is 0. The van der Waals surface area contributed by atoms with Crippen molar-refractivity contribution < 1.29 is 22.7 Å². The number of carbonyl (C=O) groups excluding carboxylic acids is 1. The minimum Gasteiger partial charge on any atom is -0.484 e.